The van der Waals surface area contributed by atoms with Gasteiger partial charge < -0.3 is 10.6 Å². The van der Waals surface area contributed by atoms with Crippen LogP contribution >= 0.6 is 11.8 Å². The summed E-state index contributed by atoms with van der Waals surface area (Å²) in [6, 6.07) is 5.89. The summed E-state index contributed by atoms with van der Waals surface area (Å²) in [6.07, 6.45) is 4.12. The number of thioether (sulfide) groups is 1. The summed E-state index contributed by atoms with van der Waals surface area (Å²) in [5, 5.41) is 6.24. The van der Waals surface area contributed by atoms with Gasteiger partial charge in [-0.05, 0) is 48.6 Å². The normalized spacial score (nSPS) is 13.0. The van der Waals surface area contributed by atoms with Gasteiger partial charge in [0.1, 0.15) is 0 Å². The van der Waals surface area contributed by atoms with Crippen LogP contribution in [0.3, 0.4) is 0 Å². The highest BCUT2D eigenvalue weighted by Crippen LogP contribution is 2.22. The minimum absolute atomic E-state index is 0.0424. The quantitative estimate of drug-likeness (QED) is 0.787. The molecule has 0 atom stereocenters. The highest BCUT2D eigenvalue weighted by Gasteiger charge is 2.12. The van der Waals surface area contributed by atoms with Crippen LogP contribution in [-0.2, 0) is 6.42 Å². The van der Waals surface area contributed by atoms with Crippen LogP contribution in [0.25, 0.3) is 0 Å². The Hall–Kier alpha value is -1.16. The molecule has 4 heteroatoms. The lowest BCUT2D eigenvalue weighted by atomic mass is 10.1. The molecule has 1 heterocycles. The molecule has 0 aliphatic carbocycles. The van der Waals surface area contributed by atoms with E-state index >= 15 is 0 Å². The van der Waals surface area contributed by atoms with E-state index in [-0.39, 0.29) is 5.91 Å². The number of rotatable bonds is 5. The third-order valence-electron chi connectivity index (χ3n) is 2.89. The van der Waals surface area contributed by atoms with Crippen molar-refractivity contribution < 1.29 is 4.79 Å². The maximum atomic E-state index is 11.9. The lowest BCUT2D eigenvalue weighted by molar-refractivity contribution is 0.0954. The number of hydrogen-bond donors (Lipinski definition) is 2. The molecule has 3 nitrogen and oxygen atoms in total. The molecule has 1 amide bonds. The third-order valence-corrected chi connectivity index (χ3v) is 3.58. The zero-order valence-electron chi connectivity index (χ0n) is 10.1. The molecule has 0 saturated carbocycles. The monoisotopic (exact) mass is 250 g/mol. The first-order chi connectivity index (χ1) is 8.31. The fraction of sp³-hybridized carbons (Fsp3) is 0.462. The SMILES string of the molecule is CSCCCNC(=O)c1ccc2c(c1)CCN2. The first-order valence-electron chi connectivity index (χ1n) is 5.95. The number of benzene rings is 1. The minimum atomic E-state index is 0.0424. The van der Waals surface area contributed by atoms with Gasteiger partial charge in [0.15, 0.2) is 0 Å². The van der Waals surface area contributed by atoms with E-state index in [2.05, 4.69) is 16.9 Å². The van der Waals surface area contributed by atoms with Crippen molar-refractivity contribution in [2.75, 3.05) is 30.4 Å². The number of carbonyl (C=O) groups excluding carboxylic acids is 1. The number of hydrogen-bond acceptors (Lipinski definition) is 3. The van der Waals surface area contributed by atoms with Gasteiger partial charge in [-0.2, -0.15) is 11.8 Å². The van der Waals surface area contributed by atoms with Crippen molar-refractivity contribution in [1.82, 2.24) is 5.32 Å². The summed E-state index contributed by atoms with van der Waals surface area (Å²) >= 11 is 1.81. The van der Waals surface area contributed by atoms with E-state index in [4.69, 9.17) is 0 Å². The smallest absolute Gasteiger partial charge is 0.251 e. The van der Waals surface area contributed by atoms with Crippen LogP contribution in [0, 0.1) is 0 Å². The Morgan fingerprint density at radius 1 is 1.53 bits per heavy atom. The van der Waals surface area contributed by atoms with Crippen LogP contribution in [0.15, 0.2) is 18.2 Å². The summed E-state index contributed by atoms with van der Waals surface area (Å²) < 4.78 is 0. The highest BCUT2D eigenvalue weighted by atomic mass is 32.2. The average molecular weight is 250 g/mol. The largest absolute Gasteiger partial charge is 0.384 e. The van der Waals surface area contributed by atoms with Crippen molar-refractivity contribution in [2.24, 2.45) is 0 Å². The third kappa shape index (κ3) is 3.16. The van der Waals surface area contributed by atoms with Crippen molar-refractivity contribution in [3.63, 3.8) is 0 Å². The zero-order chi connectivity index (χ0) is 12.1. The van der Waals surface area contributed by atoms with Gasteiger partial charge in [-0.3, -0.25) is 4.79 Å². The van der Waals surface area contributed by atoms with Crippen LogP contribution in [0.5, 0.6) is 0 Å². The van der Waals surface area contributed by atoms with E-state index in [1.807, 2.05) is 18.2 Å². The molecular weight excluding hydrogens is 232 g/mol. The van der Waals surface area contributed by atoms with Crippen LogP contribution in [0.1, 0.15) is 22.3 Å². The average Bonchev–Trinajstić information content (AvgIpc) is 2.81. The number of anilines is 1. The fourth-order valence-electron chi connectivity index (χ4n) is 1.97. The molecule has 0 spiro atoms. The predicted octanol–water partition coefficient (Wildman–Crippen LogP) is 2.14. The number of amides is 1. The second kappa shape index (κ2) is 5.96. The number of nitrogens with one attached hydrogen (secondary N) is 2. The predicted molar refractivity (Wildman–Crippen MR) is 74.0 cm³/mol. The van der Waals surface area contributed by atoms with Crippen molar-refractivity contribution in [3.05, 3.63) is 29.3 Å². The maximum Gasteiger partial charge on any atom is 0.251 e. The lowest BCUT2D eigenvalue weighted by Gasteiger charge is -2.06. The maximum absolute atomic E-state index is 11.9. The first-order valence-corrected chi connectivity index (χ1v) is 7.34. The molecule has 2 rings (SSSR count). The topological polar surface area (TPSA) is 41.1 Å². The van der Waals surface area contributed by atoms with Crippen LogP contribution in [0.4, 0.5) is 5.69 Å². The van der Waals surface area contributed by atoms with Crippen LogP contribution in [-0.4, -0.2) is 31.0 Å². The van der Waals surface area contributed by atoms with E-state index in [1.54, 1.807) is 11.8 Å². The highest BCUT2D eigenvalue weighted by molar-refractivity contribution is 7.98. The lowest BCUT2D eigenvalue weighted by Crippen LogP contribution is -2.24. The molecule has 1 aromatic rings. The number of carbonyl (C=O) groups is 1. The summed E-state index contributed by atoms with van der Waals surface area (Å²) in [6.45, 7) is 1.74. The molecule has 1 aliphatic heterocycles. The van der Waals surface area contributed by atoms with Gasteiger partial charge >= 0.3 is 0 Å². The van der Waals surface area contributed by atoms with Gasteiger partial charge in [0.05, 0.1) is 0 Å². The molecule has 0 radical (unpaired) electrons. The van der Waals surface area contributed by atoms with E-state index in [1.165, 1.54) is 11.3 Å². The second-order valence-electron chi connectivity index (χ2n) is 4.15. The molecule has 92 valence electrons. The molecule has 2 N–H and O–H groups in total. The summed E-state index contributed by atoms with van der Waals surface area (Å²) in [7, 11) is 0. The van der Waals surface area contributed by atoms with Crippen LogP contribution in [0.2, 0.25) is 0 Å². The van der Waals surface area contributed by atoms with Gasteiger partial charge in [0.2, 0.25) is 0 Å². The van der Waals surface area contributed by atoms with Gasteiger partial charge in [-0.15, -0.1) is 0 Å². The van der Waals surface area contributed by atoms with Gasteiger partial charge in [-0.1, -0.05) is 0 Å². The van der Waals surface area contributed by atoms with Crippen molar-refractivity contribution in [2.45, 2.75) is 12.8 Å². The van der Waals surface area contributed by atoms with Crippen molar-refractivity contribution in [1.29, 1.82) is 0 Å². The Morgan fingerprint density at radius 2 is 2.41 bits per heavy atom. The molecule has 17 heavy (non-hydrogen) atoms. The van der Waals surface area contributed by atoms with Crippen molar-refractivity contribution in [3.8, 4) is 0 Å². The Balaban J connectivity index is 1.91. The van der Waals surface area contributed by atoms with E-state index < -0.39 is 0 Å². The van der Waals surface area contributed by atoms with E-state index in [9.17, 15) is 4.79 Å². The molecular formula is C13H18N2OS. The first kappa shape index (κ1) is 12.3. The Kier molecular flexibility index (Phi) is 4.31. The zero-order valence-corrected chi connectivity index (χ0v) is 10.9. The van der Waals surface area contributed by atoms with Gasteiger partial charge in [0, 0.05) is 24.3 Å². The summed E-state index contributed by atoms with van der Waals surface area (Å²) in [5.74, 6) is 1.13. The minimum Gasteiger partial charge on any atom is -0.384 e. The van der Waals surface area contributed by atoms with E-state index in [0.29, 0.717) is 0 Å². The standard InChI is InChI=1S/C13H18N2OS/c1-17-8-2-6-15-13(16)11-3-4-12-10(9-11)5-7-14-12/h3-4,9,14H,2,5-8H2,1H3,(H,15,16). The number of fused-ring (bicyclic) bond motifs is 1. The Bertz CT molecular complexity index is 406. The molecule has 0 fully saturated rings. The molecule has 1 aromatic carbocycles. The van der Waals surface area contributed by atoms with Crippen LogP contribution < -0.4 is 10.6 Å². The molecule has 0 bridgehead atoms. The second-order valence-corrected chi connectivity index (χ2v) is 5.14. The molecule has 0 aromatic heterocycles. The van der Waals surface area contributed by atoms with Gasteiger partial charge in [-0.25, -0.2) is 0 Å². The Labute approximate surface area is 106 Å². The summed E-state index contributed by atoms with van der Waals surface area (Å²) in [5.41, 5.74) is 3.20. The molecule has 0 saturated heterocycles. The van der Waals surface area contributed by atoms with Gasteiger partial charge in [0.25, 0.3) is 5.91 Å². The Morgan fingerprint density at radius 3 is 3.24 bits per heavy atom. The fourth-order valence-corrected chi connectivity index (χ4v) is 2.40. The van der Waals surface area contributed by atoms with E-state index in [0.717, 1.165) is 37.2 Å². The molecule has 0 unspecified atom stereocenters. The summed E-state index contributed by atoms with van der Waals surface area (Å²) in [4.78, 5) is 11.9. The molecule has 1 aliphatic rings. The van der Waals surface area contributed by atoms with Crippen molar-refractivity contribution >= 4 is 23.4 Å².